The molecular formula is C25H20FNO3. The Bertz CT molecular complexity index is 1150. The number of amides is 1. The van der Waals surface area contributed by atoms with E-state index >= 15 is 0 Å². The molecule has 0 bridgehead atoms. The molecule has 4 rings (SSSR count). The highest BCUT2D eigenvalue weighted by Gasteiger charge is 2.46. The van der Waals surface area contributed by atoms with Gasteiger partial charge in [-0.25, -0.2) is 4.39 Å². The van der Waals surface area contributed by atoms with Crippen molar-refractivity contribution < 1.29 is 19.1 Å². The molecule has 1 amide bonds. The summed E-state index contributed by atoms with van der Waals surface area (Å²) in [7, 11) is 0. The zero-order valence-corrected chi connectivity index (χ0v) is 16.6. The summed E-state index contributed by atoms with van der Waals surface area (Å²) in [5.74, 6) is -2.21. The molecule has 0 aliphatic carbocycles. The Morgan fingerprint density at radius 3 is 1.93 bits per heavy atom. The minimum Gasteiger partial charge on any atom is -0.507 e. The van der Waals surface area contributed by atoms with Crippen molar-refractivity contribution in [2.75, 3.05) is 4.90 Å². The molecule has 4 nitrogen and oxygen atoms in total. The van der Waals surface area contributed by atoms with E-state index in [0.717, 1.165) is 11.1 Å². The van der Waals surface area contributed by atoms with Crippen LogP contribution in [0.5, 0.6) is 0 Å². The van der Waals surface area contributed by atoms with E-state index in [1.54, 1.807) is 12.1 Å². The zero-order valence-electron chi connectivity index (χ0n) is 16.6. The van der Waals surface area contributed by atoms with E-state index in [-0.39, 0.29) is 11.3 Å². The van der Waals surface area contributed by atoms with Gasteiger partial charge in [-0.1, -0.05) is 59.7 Å². The van der Waals surface area contributed by atoms with Crippen LogP contribution < -0.4 is 4.90 Å². The fourth-order valence-corrected chi connectivity index (χ4v) is 3.63. The number of anilines is 1. The third-order valence-corrected chi connectivity index (χ3v) is 5.27. The maximum Gasteiger partial charge on any atom is 0.300 e. The van der Waals surface area contributed by atoms with Crippen LogP contribution in [0, 0.1) is 19.7 Å². The number of ketones is 1. The summed E-state index contributed by atoms with van der Waals surface area (Å²) in [4.78, 5) is 27.3. The molecule has 0 saturated carbocycles. The maximum atomic E-state index is 13.5. The third kappa shape index (κ3) is 3.39. The first-order valence-corrected chi connectivity index (χ1v) is 9.57. The van der Waals surface area contributed by atoms with E-state index in [4.69, 9.17) is 0 Å². The van der Waals surface area contributed by atoms with E-state index < -0.39 is 23.5 Å². The summed E-state index contributed by atoms with van der Waals surface area (Å²) >= 11 is 0. The molecule has 1 saturated heterocycles. The molecule has 3 aromatic carbocycles. The average molecular weight is 401 g/mol. The van der Waals surface area contributed by atoms with Gasteiger partial charge in [0.1, 0.15) is 11.6 Å². The highest BCUT2D eigenvalue weighted by atomic mass is 19.1. The van der Waals surface area contributed by atoms with Gasteiger partial charge in [-0.15, -0.1) is 0 Å². The molecule has 0 spiro atoms. The largest absolute Gasteiger partial charge is 0.507 e. The van der Waals surface area contributed by atoms with Crippen LogP contribution in [0.25, 0.3) is 5.76 Å². The predicted octanol–water partition coefficient (Wildman–Crippen LogP) is 5.07. The third-order valence-electron chi connectivity index (χ3n) is 5.27. The standard InChI is InChI=1S/C25H20FNO3/c1-15-3-7-17(8-4-15)22-21(23(28)18-9-5-16(2)6-10-18)24(29)25(30)27(22)20-13-11-19(26)12-14-20/h3-14,22,28H,1-2H3/b23-21+/t22-/m1/s1. The number of carbonyl (C=O) groups is 2. The first-order chi connectivity index (χ1) is 14.4. The van der Waals surface area contributed by atoms with Gasteiger partial charge >= 0.3 is 0 Å². The van der Waals surface area contributed by atoms with Crippen molar-refractivity contribution in [2.45, 2.75) is 19.9 Å². The lowest BCUT2D eigenvalue weighted by Gasteiger charge is -2.25. The second-order valence-corrected chi connectivity index (χ2v) is 7.42. The molecule has 1 aliphatic heterocycles. The second kappa shape index (κ2) is 7.59. The number of hydrogen-bond acceptors (Lipinski definition) is 3. The van der Waals surface area contributed by atoms with Crippen LogP contribution in [-0.4, -0.2) is 16.8 Å². The van der Waals surface area contributed by atoms with Crippen molar-refractivity contribution in [3.63, 3.8) is 0 Å². The van der Waals surface area contributed by atoms with Gasteiger partial charge in [-0.05, 0) is 43.7 Å². The van der Waals surface area contributed by atoms with Crippen LogP contribution >= 0.6 is 0 Å². The molecule has 1 atom stereocenters. The van der Waals surface area contributed by atoms with Gasteiger partial charge in [0.25, 0.3) is 11.7 Å². The summed E-state index contributed by atoms with van der Waals surface area (Å²) in [5.41, 5.74) is 3.56. The number of benzene rings is 3. The van der Waals surface area contributed by atoms with Crippen molar-refractivity contribution >= 4 is 23.1 Å². The van der Waals surface area contributed by atoms with Crippen LogP contribution in [0.3, 0.4) is 0 Å². The minimum absolute atomic E-state index is 0.0111. The number of nitrogens with zero attached hydrogens (tertiary/aromatic N) is 1. The van der Waals surface area contributed by atoms with Crippen LogP contribution in [0.1, 0.15) is 28.3 Å². The zero-order chi connectivity index (χ0) is 21.4. The van der Waals surface area contributed by atoms with E-state index in [2.05, 4.69) is 0 Å². The number of carbonyl (C=O) groups excluding carboxylic acids is 2. The molecule has 5 heteroatoms. The van der Waals surface area contributed by atoms with Gasteiger partial charge in [-0.3, -0.25) is 14.5 Å². The molecule has 0 unspecified atom stereocenters. The van der Waals surface area contributed by atoms with Crippen molar-refractivity contribution in [1.29, 1.82) is 0 Å². The van der Waals surface area contributed by atoms with Gasteiger partial charge in [0.15, 0.2) is 0 Å². The Morgan fingerprint density at radius 1 is 0.833 bits per heavy atom. The predicted molar refractivity (Wildman–Crippen MR) is 114 cm³/mol. The van der Waals surface area contributed by atoms with Gasteiger partial charge in [0, 0.05) is 11.3 Å². The van der Waals surface area contributed by atoms with Crippen molar-refractivity contribution in [2.24, 2.45) is 0 Å². The molecule has 1 aliphatic rings. The highest BCUT2D eigenvalue weighted by Crippen LogP contribution is 2.42. The molecule has 150 valence electrons. The maximum absolute atomic E-state index is 13.5. The van der Waals surface area contributed by atoms with Crippen LogP contribution in [0.4, 0.5) is 10.1 Å². The summed E-state index contributed by atoms with van der Waals surface area (Å²) in [6.07, 6.45) is 0. The lowest BCUT2D eigenvalue weighted by atomic mass is 9.94. The Labute approximate surface area is 173 Å². The SMILES string of the molecule is Cc1ccc(/C(O)=C2\C(=O)C(=O)N(c3ccc(F)cc3)[C@@H]2c2ccc(C)cc2)cc1. The number of rotatable bonds is 3. The number of aryl methyl sites for hydroxylation is 2. The van der Waals surface area contributed by atoms with Crippen molar-refractivity contribution in [3.05, 3.63) is 106 Å². The van der Waals surface area contributed by atoms with Gasteiger partial charge in [0.2, 0.25) is 0 Å². The molecule has 3 aromatic rings. The normalized spacial score (nSPS) is 18.1. The summed E-state index contributed by atoms with van der Waals surface area (Å²) in [6, 6.07) is 19.0. The van der Waals surface area contributed by atoms with E-state index in [1.807, 2.05) is 50.2 Å². The van der Waals surface area contributed by atoms with E-state index in [0.29, 0.717) is 16.8 Å². The lowest BCUT2D eigenvalue weighted by Crippen LogP contribution is -2.29. The summed E-state index contributed by atoms with van der Waals surface area (Å²) in [5, 5.41) is 11.0. The number of aliphatic hydroxyl groups excluding tert-OH is 1. The average Bonchev–Trinajstić information content (AvgIpc) is 3.00. The van der Waals surface area contributed by atoms with Gasteiger partial charge < -0.3 is 5.11 Å². The Kier molecular flexibility index (Phi) is 4.96. The molecule has 0 radical (unpaired) electrons. The van der Waals surface area contributed by atoms with E-state index in [9.17, 15) is 19.1 Å². The number of Topliss-reactive ketones (excluding diaryl/α,β-unsaturated/α-hetero) is 1. The van der Waals surface area contributed by atoms with Gasteiger partial charge in [0.05, 0.1) is 11.6 Å². The molecule has 1 fully saturated rings. The first kappa shape index (κ1) is 19.6. The Hall–Kier alpha value is -3.73. The Balaban J connectivity index is 1.93. The topological polar surface area (TPSA) is 57.6 Å². The second-order valence-electron chi connectivity index (χ2n) is 7.42. The molecule has 1 heterocycles. The summed E-state index contributed by atoms with van der Waals surface area (Å²) in [6.45, 7) is 3.86. The van der Waals surface area contributed by atoms with Crippen LogP contribution in [0.2, 0.25) is 0 Å². The van der Waals surface area contributed by atoms with Crippen LogP contribution in [-0.2, 0) is 9.59 Å². The first-order valence-electron chi connectivity index (χ1n) is 9.57. The smallest absolute Gasteiger partial charge is 0.300 e. The molecule has 0 aromatic heterocycles. The fraction of sp³-hybridized carbons (Fsp3) is 0.120. The molecular weight excluding hydrogens is 381 g/mol. The Morgan fingerprint density at radius 2 is 1.37 bits per heavy atom. The lowest BCUT2D eigenvalue weighted by molar-refractivity contribution is -0.132. The molecule has 1 N–H and O–H groups in total. The summed E-state index contributed by atoms with van der Waals surface area (Å²) < 4.78 is 13.5. The minimum atomic E-state index is -0.822. The molecule has 30 heavy (non-hydrogen) atoms. The van der Waals surface area contributed by atoms with Crippen molar-refractivity contribution in [1.82, 2.24) is 0 Å². The number of hydrogen-bond donors (Lipinski definition) is 1. The van der Waals surface area contributed by atoms with Gasteiger partial charge in [-0.2, -0.15) is 0 Å². The number of aliphatic hydroxyl groups is 1. The monoisotopic (exact) mass is 401 g/mol. The van der Waals surface area contributed by atoms with Crippen LogP contribution in [0.15, 0.2) is 78.4 Å². The quantitative estimate of drug-likeness (QED) is 0.379. The van der Waals surface area contributed by atoms with E-state index in [1.165, 1.54) is 29.2 Å². The highest BCUT2D eigenvalue weighted by molar-refractivity contribution is 6.51. The number of halogens is 1. The fourth-order valence-electron chi connectivity index (χ4n) is 3.63. The van der Waals surface area contributed by atoms with Crippen molar-refractivity contribution in [3.8, 4) is 0 Å².